The number of nitrogen functional groups attached to an aromatic ring is 1. The summed E-state index contributed by atoms with van der Waals surface area (Å²) in [5.74, 6) is 1.97. The van der Waals surface area contributed by atoms with Crippen molar-refractivity contribution in [2.45, 2.75) is 45.1 Å². The fourth-order valence-corrected chi connectivity index (χ4v) is 4.80. The maximum Gasteiger partial charge on any atom is 0.230 e. The minimum absolute atomic E-state index is 0.000918. The van der Waals surface area contributed by atoms with Gasteiger partial charge >= 0.3 is 0 Å². The van der Waals surface area contributed by atoms with E-state index in [4.69, 9.17) is 5.73 Å². The maximum atomic E-state index is 13.6. The van der Waals surface area contributed by atoms with Gasteiger partial charge in [0.1, 0.15) is 5.82 Å². The van der Waals surface area contributed by atoms with Gasteiger partial charge in [-0.25, -0.2) is 0 Å². The van der Waals surface area contributed by atoms with Gasteiger partial charge in [-0.1, -0.05) is 0 Å². The average molecular weight is 423 g/mol. The predicted molar refractivity (Wildman–Crippen MR) is 120 cm³/mol. The number of amides is 2. The lowest BCUT2D eigenvalue weighted by molar-refractivity contribution is -0.124. The van der Waals surface area contributed by atoms with E-state index in [0.29, 0.717) is 18.2 Å². The predicted octanol–water partition coefficient (Wildman–Crippen LogP) is 2.93. The molecule has 1 aliphatic heterocycles. The van der Waals surface area contributed by atoms with E-state index in [0.717, 1.165) is 67.8 Å². The number of nitrogens with one attached hydrogen (secondary N) is 2. The van der Waals surface area contributed by atoms with Gasteiger partial charge in [-0.15, -0.1) is 0 Å². The van der Waals surface area contributed by atoms with Crippen LogP contribution in [0.5, 0.6) is 0 Å². The lowest BCUT2D eigenvalue weighted by Crippen LogP contribution is -2.39. The first-order valence-corrected chi connectivity index (χ1v) is 11.3. The number of fused-ring (bicyclic) bond motifs is 2. The van der Waals surface area contributed by atoms with Crippen molar-refractivity contribution in [2.24, 2.45) is 24.8 Å². The van der Waals surface area contributed by atoms with Crippen molar-refractivity contribution in [3.8, 4) is 0 Å². The third kappa shape index (κ3) is 3.98. The van der Waals surface area contributed by atoms with Crippen molar-refractivity contribution in [1.29, 1.82) is 0 Å². The summed E-state index contributed by atoms with van der Waals surface area (Å²) in [5, 5.41) is 10.9. The van der Waals surface area contributed by atoms with Gasteiger partial charge in [0.15, 0.2) is 0 Å². The second-order valence-corrected chi connectivity index (χ2v) is 9.21. The number of aryl methyl sites for hydroxylation is 1. The van der Waals surface area contributed by atoms with E-state index in [1.165, 1.54) is 0 Å². The van der Waals surface area contributed by atoms with E-state index in [9.17, 15) is 9.59 Å². The molecule has 31 heavy (non-hydrogen) atoms. The number of carbonyl (C=O) groups excluding carboxylic acids is 2. The second-order valence-electron chi connectivity index (χ2n) is 9.21. The van der Waals surface area contributed by atoms with Crippen LogP contribution >= 0.6 is 0 Å². The molecule has 2 aliphatic carbocycles. The van der Waals surface area contributed by atoms with Crippen LogP contribution in [0.15, 0.2) is 24.4 Å². The Bertz CT molecular complexity index is 1000. The molecule has 2 fully saturated rings. The molecule has 8 nitrogen and oxygen atoms in total. The Balaban J connectivity index is 1.29. The first-order chi connectivity index (χ1) is 15.0. The summed E-state index contributed by atoms with van der Waals surface area (Å²) in [5.41, 5.74) is 9.34. The molecule has 2 amide bonds. The quantitative estimate of drug-likeness (QED) is 0.657. The Kier molecular flexibility index (Phi) is 5.08. The lowest BCUT2D eigenvalue weighted by Gasteiger charge is -2.32. The molecule has 0 unspecified atom stereocenters. The van der Waals surface area contributed by atoms with Crippen LogP contribution in [0, 0.1) is 17.8 Å². The highest BCUT2D eigenvalue weighted by Gasteiger charge is 2.34. The van der Waals surface area contributed by atoms with Crippen molar-refractivity contribution >= 4 is 34.7 Å². The Hall–Kier alpha value is -3.03. The number of rotatable bonds is 4. The van der Waals surface area contributed by atoms with Crippen molar-refractivity contribution in [1.82, 2.24) is 15.1 Å². The molecule has 2 saturated carbocycles. The van der Waals surface area contributed by atoms with E-state index in [1.54, 1.807) is 4.68 Å². The Morgan fingerprint density at radius 2 is 1.90 bits per heavy atom. The molecule has 0 spiro atoms. The van der Waals surface area contributed by atoms with Crippen molar-refractivity contribution < 1.29 is 9.59 Å². The average Bonchev–Trinajstić information content (AvgIpc) is 3.58. The molecule has 2 aromatic rings. The van der Waals surface area contributed by atoms with Gasteiger partial charge in [0, 0.05) is 36.7 Å². The van der Waals surface area contributed by atoms with Crippen molar-refractivity contribution in [2.75, 3.05) is 22.5 Å². The second kappa shape index (κ2) is 7.90. The van der Waals surface area contributed by atoms with E-state index in [2.05, 4.69) is 15.7 Å². The molecule has 0 radical (unpaired) electrons. The maximum absolute atomic E-state index is 13.6. The summed E-state index contributed by atoms with van der Waals surface area (Å²) in [6.07, 6.45) is 7.54. The number of nitrogens with zero attached hydrogens (tertiary/aromatic N) is 3. The first-order valence-electron chi connectivity index (χ1n) is 11.3. The summed E-state index contributed by atoms with van der Waals surface area (Å²) < 4.78 is 1.79. The van der Waals surface area contributed by atoms with Crippen LogP contribution in [0.2, 0.25) is 0 Å². The zero-order valence-electron chi connectivity index (χ0n) is 17.9. The third-order valence-electron chi connectivity index (χ3n) is 6.88. The molecule has 0 atom stereocenters. The van der Waals surface area contributed by atoms with E-state index in [1.807, 2.05) is 36.3 Å². The van der Waals surface area contributed by atoms with Gasteiger partial charge in [-0.2, -0.15) is 5.10 Å². The molecular weight excluding hydrogens is 392 g/mol. The molecule has 0 bridgehead atoms. The monoisotopic (exact) mass is 422 g/mol. The SMILES string of the molecule is Cn1ncc2c1Nc1cc(N)ccc1N(C(=O)C1CCC(CNC(=O)C3CC3)CC1)C2. The Labute approximate surface area is 182 Å². The van der Waals surface area contributed by atoms with Gasteiger partial charge in [0.2, 0.25) is 11.8 Å². The summed E-state index contributed by atoms with van der Waals surface area (Å²) in [6.45, 7) is 1.23. The number of nitrogens with two attached hydrogens (primary N) is 1. The van der Waals surface area contributed by atoms with Gasteiger partial charge in [0.05, 0.1) is 24.1 Å². The largest absolute Gasteiger partial charge is 0.399 e. The van der Waals surface area contributed by atoms with Gasteiger partial charge < -0.3 is 21.3 Å². The standard InChI is InChI=1S/C23H30N6O2/c1-28-21-17(12-26-28)13-29(20-9-8-18(24)10-19(20)27-21)23(31)16-4-2-14(3-5-16)11-25-22(30)15-6-7-15/h8-10,12,14-16,27H,2-7,11,13,24H2,1H3,(H,25,30). The summed E-state index contributed by atoms with van der Waals surface area (Å²) in [6, 6.07) is 5.64. The Morgan fingerprint density at radius 1 is 1.16 bits per heavy atom. The van der Waals surface area contributed by atoms with Crippen LogP contribution in [-0.4, -0.2) is 28.1 Å². The Morgan fingerprint density at radius 3 is 2.65 bits per heavy atom. The smallest absolute Gasteiger partial charge is 0.230 e. The number of anilines is 4. The highest BCUT2D eigenvalue weighted by Crippen LogP contribution is 2.39. The number of benzene rings is 1. The van der Waals surface area contributed by atoms with E-state index in [-0.39, 0.29) is 23.7 Å². The first kappa shape index (κ1) is 19.9. The van der Waals surface area contributed by atoms with Crippen LogP contribution in [0.3, 0.4) is 0 Å². The molecule has 8 heteroatoms. The number of hydrogen-bond acceptors (Lipinski definition) is 5. The van der Waals surface area contributed by atoms with Crippen LogP contribution in [0.25, 0.3) is 0 Å². The fraction of sp³-hybridized carbons (Fsp3) is 0.522. The van der Waals surface area contributed by atoms with Crippen LogP contribution in [0.4, 0.5) is 22.9 Å². The van der Waals surface area contributed by atoms with Crippen LogP contribution < -0.4 is 21.3 Å². The van der Waals surface area contributed by atoms with Crippen LogP contribution in [0.1, 0.15) is 44.1 Å². The molecule has 1 aromatic carbocycles. The topological polar surface area (TPSA) is 105 Å². The highest BCUT2D eigenvalue weighted by atomic mass is 16.2. The molecule has 0 saturated heterocycles. The van der Waals surface area contributed by atoms with Crippen molar-refractivity contribution in [3.63, 3.8) is 0 Å². The highest BCUT2D eigenvalue weighted by molar-refractivity contribution is 6.00. The zero-order valence-corrected chi connectivity index (χ0v) is 17.9. The molecule has 1 aromatic heterocycles. The minimum Gasteiger partial charge on any atom is -0.399 e. The van der Waals surface area contributed by atoms with Gasteiger partial charge in [-0.3, -0.25) is 14.3 Å². The fourth-order valence-electron chi connectivity index (χ4n) is 4.80. The lowest BCUT2D eigenvalue weighted by atomic mass is 9.81. The minimum atomic E-state index is -0.000918. The number of hydrogen-bond donors (Lipinski definition) is 3. The molecule has 5 rings (SSSR count). The molecule has 3 aliphatic rings. The molecule has 164 valence electrons. The van der Waals surface area contributed by atoms with E-state index < -0.39 is 0 Å². The van der Waals surface area contributed by atoms with Gasteiger partial charge in [0.25, 0.3) is 0 Å². The number of aromatic nitrogens is 2. The summed E-state index contributed by atoms with van der Waals surface area (Å²) >= 11 is 0. The van der Waals surface area contributed by atoms with Crippen LogP contribution in [-0.2, 0) is 23.2 Å². The van der Waals surface area contributed by atoms with Gasteiger partial charge in [-0.05, 0) is 62.6 Å². The molecule has 2 heterocycles. The number of carbonyl (C=O) groups is 2. The van der Waals surface area contributed by atoms with E-state index >= 15 is 0 Å². The normalized spacial score (nSPS) is 22.7. The summed E-state index contributed by atoms with van der Waals surface area (Å²) in [4.78, 5) is 27.4. The third-order valence-corrected chi connectivity index (χ3v) is 6.88. The zero-order chi connectivity index (χ0) is 21.5. The molecular formula is C23H30N6O2. The van der Waals surface area contributed by atoms with Crippen molar-refractivity contribution in [3.05, 3.63) is 30.0 Å². The molecule has 4 N–H and O–H groups in total. The summed E-state index contributed by atoms with van der Waals surface area (Å²) in [7, 11) is 1.89.